The molecule has 2 aliphatic rings. The summed E-state index contributed by atoms with van der Waals surface area (Å²) in [7, 11) is 0. The van der Waals surface area contributed by atoms with Crippen molar-refractivity contribution in [2.45, 2.75) is 56.9 Å². The number of amides is 1. The van der Waals surface area contributed by atoms with Crippen molar-refractivity contribution in [1.82, 2.24) is 10.3 Å². The number of carbonyl (C=O) groups excluding carboxylic acids is 1. The topological polar surface area (TPSA) is 42.0 Å². The van der Waals surface area contributed by atoms with Gasteiger partial charge < -0.3 is 5.32 Å². The molecule has 23 heavy (non-hydrogen) atoms. The molecule has 2 aliphatic carbocycles. The summed E-state index contributed by atoms with van der Waals surface area (Å²) in [6.07, 6.45) is 9.43. The lowest BCUT2D eigenvalue weighted by molar-refractivity contribution is 0.0927. The second-order valence-electron chi connectivity index (χ2n) is 6.87. The number of hydrogen-bond acceptors (Lipinski definition) is 2. The summed E-state index contributed by atoms with van der Waals surface area (Å²) in [5.74, 6) is 0.0834. The van der Waals surface area contributed by atoms with Crippen LogP contribution in [-0.4, -0.2) is 16.9 Å². The number of pyridine rings is 1. The molecule has 1 heterocycles. The molecule has 0 saturated heterocycles. The molecule has 0 aliphatic heterocycles. The Morgan fingerprint density at radius 2 is 1.87 bits per heavy atom. The smallest absolute Gasteiger partial charge is 0.253 e. The van der Waals surface area contributed by atoms with Crippen LogP contribution in [0.5, 0.6) is 0 Å². The standard InChI is InChI=1S/C19H21FN2O/c20-17-9-13-8-14(19(23)22-15-4-2-1-3-5-15)11-21-18(13)10-16(17)12-6-7-12/h8-12,15H,1-7H2,(H,22,23). The average Bonchev–Trinajstić information content (AvgIpc) is 3.39. The lowest BCUT2D eigenvalue weighted by atomic mass is 9.95. The monoisotopic (exact) mass is 312 g/mol. The minimum absolute atomic E-state index is 0.0991. The van der Waals surface area contributed by atoms with Gasteiger partial charge in [-0.3, -0.25) is 9.78 Å². The number of fused-ring (bicyclic) bond motifs is 1. The SMILES string of the molecule is O=C(NC1CCCCC1)c1cnc2cc(C3CC3)c(F)cc2c1. The summed E-state index contributed by atoms with van der Waals surface area (Å²) in [5.41, 5.74) is 2.05. The van der Waals surface area contributed by atoms with Crippen LogP contribution in [0.2, 0.25) is 0 Å². The van der Waals surface area contributed by atoms with Gasteiger partial charge in [0, 0.05) is 17.6 Å². The van der Waals surface area contributed by atoms with Crippen LogP contribution in [0.1, 0.15) is 66.8 Å². The number of nitrogens with zero attached hydrogens (tertiary/aromatic N) is 1. The maximum atomic E-state index is 14.2. The van der Waals surface area contributed by atoms with E-state index < -0.39 is 0 Å². The third-order valence-corrected chi connectivity index (χ3v) is 5.02. The quantitative estimate of drug-likeness (QED) is 0.917. The van der Waals surface area contributed by atoms with Crippen LogP contribution in [0, 0.1) is 5.82 Å². The molecule has 2 aromatic rings. The Kier molecular flexibility index (Phi) is 3.76. The van der Waals surface area contributed by atoms with Crippen LogP contribution in [0.4, 0.5) is 4.39 Å². The zero-order valence-corrected chi connectivity index (χ0v) is 13.1. The molecule has 1 aromatic carbocycles. The van der Waals surface area contributed by atoms with Gasteiger partial charge in [0.15, 0.2) is 0 Å². The zero-order chi connectivity index (χ0) is 15.8. The molecule has 4 heteroatoms. The average molecular weight is 312 g/mol. The Hall–Kier alpha value is -1.97. The number of hydrogen-bond donors (Lipinski definition) is 1. The highest BCUT2D eigenvalue weighted by atomic mass is 19.1. The van der Waals surface area contributed by atoms with Crippen molar-refractivity contribution < 1.29 is 9.18 Å². The first kappa shape index (κ1) is 14.6. The van der Waals surface area contributed by atoms with E-state index in [-0.39, 0.29) is 17.8 Å². The van der Waals surface area contributed by atoms with Gasteiger partial charge in [0.1, 0.15) is 5.82 Å². The Labute approximate surface area is 135 Å². The van der Waals surface area contributed by atoms with E-state index in [0.717, 1.165) is 36.8 Å². The van der Waals surface area contributed by atoms with Crippen LogP contribution in [0.25, 0.3) is 10.9 Å². The van der Waals surface area contributed by atoms with Gasteiger partial charge >= 0.3 is 0 Å². The Bertz CT molecular complexity index is 748. The Balaban J connectivity index is 1.57. The fourth-order valence-corrected chi connectivity index (χ4v) is 3.51. The van der Waals surface area contributed by atoms with Gasteiger partial charge in [0.25, 0.3) is 5.91 Å². The zero-order valence-electron chi connectivity index (χ0n) is 13.1. The normalized spacial score (nSPS) is 19.0. The van der Waals surface area contributed by atoms with Crippen molar-refractivity contribution in [1.29, 1.82) is 0 Å². The second-order valence-corrected chi connectivity index (χ2v) is 6.87. The number of benzene rings is 1. The summed E-state index contributed by atoms with van der Waals surface area (Å²) < 4.78 is 14.2. The van der Waals surface area contributed by atoms with Crippen molar-refractivity contribution >= 4 is 16.8 Å². The summed E-state index contributed by atoms with van der Waals surface area (Å²) in [6, 6.07) is 5.37. The number of carbonyl (C=O) groups is 1. The van der Waals surface area contributed by atoms with Gasteiger partial charge in [-0.1, -0.05) is 19.3 Å². The van der Waals surface area contributed by atoms with Gasteiger partial charge in [0.05, 0.1) is 11.1 Å². The summed E-state index contributed by atoms with van der Waals surface area (Å²) in [5, 5.41) is 3.78. The number of halogens is 1. The van der Waals surface area contributed by atoms with Crippen molar-refractivity contribution in [3.63, 3.8) is 0 Å². The molecule has 1 amide bonds. The van der Waals surface area contributed by atoms with E-state index in [9.17, 15) is 9.18 Å². The first-order valence-electron chi connectivity index (χ1n) is 8.61. The predicted molar refractivity (Wildman–Crippen MR) is 88.0 cm³/mol. The lowest BCUT2D eigenvalue weighted by Crippen LogP contribution is -2.36. The van der Waals surface area contributed by atoms with E-state index in [2.05, 4.69) is 10.3 Å². The first-order valence-corrected chi connectivity index (χ1v) is 8.61. The van der Waals surface area contributed by atoms with Crippen LogP contribution < -0.4 is 5.32 Å². The van der Waals surface area contributed by atoms with Crippen molar-refractivity contribution in [2.24, 2.45) is 0 Å². The third-order valence-electron chi connectivity index (χ3n) is 5.02. The van der Waals surface area contributed by atoms with Gasteiger partial charge in [-0.05, 0) is 55.4 Å². The van der Waals surface area contributed by atoms with E-state index in [0.29, 0.717) is 16.9 Å². The number of rotatable bonds is 3. The fraction of sp³-hybridized carbons (Fsp3) is 0.474. The molecular formula is C19H21FN2O. The third kappa shape index (κ3) is 3.07. The predicted octanol–water partition coefficient (Wildman–Crippen LogP) is 4.31. The first-order chi connectivity index (χ1) is 11.2. The molecule has 3 nitrogen and oxygen atoms in total. The molecule has 4 rings (SSSR count). The van der Waals surface area contributed by atoms with Crippen molar-refractivity contribution in [2.75, 3.05) is 0 Å². The molecule has 2 fully saturated rings. The highest BCUT2D eigenvalue weighted by molar-refractivity contribution is 5.97. The molecule has 0 atom stereocenters. The van der Waals surface area contributed by atoms with Crippen molar-refractivity contribution in [3.8, 4) is 0 Å². The van der Waals surface area contributed by atoms with E-state index >= 15 is 0 Å². The highest BCUT2D eigenvalue weighted by Crippen LogP contribution is 2.42. The minimum atomic E-state index is -0.174. The molecule has 0 radical (unpaired) electrons. The van der Waals surface area contributed by atoms with E-state index in [4.69, 9.17) is 0 Å². The van der Waals surface area contributed by atoms with Gasteiger partial charge in [-0.15, -0.1) is 0 Å². The number of nitrogens with one attached hydrogen (secondary N) is 1. The molecule has 120 valence electrons. The Morgan fingerprint density at radius 3 is 2.61 bits per heavy atom. The molecule has 1 N–H and O–H groups in total. The van der Waals surface area contributed by atoms with Crippen LogP contribution in [0.15, 0.2) is 24.4 Å². The van der Waals surface area contributed by atoms with Gasteiger partial charge in [-0.2, -0.15) is 0 Å². The summed E-state index contributed by atoms with van der Waals surface area (Å²) >= 11 is 0. The molecule has 1 aromatic heterocycles. The maximum Gasteiger partial charge on any atom is 0.253 e. The summed E-state index contributed by atoms with van der Waals surface area (Å²) in [4.78, 5) is 16.8. The van der Waals surface area contributed by atoms with Crippen LogP contribution >= 0.6 is 0 Å². The summed E-state index contributed by atoms with van der Waals surface area (Å²) in [6.45, 7) is 0. The molecule has 2 saturated carbocycles. The molecule has 0 spiro atoms. The molecular weight excluding hydrogens is 291 g/mol. The minimum Gasteiger partial charge on any atom is -0.349 e. The van der Waals surface area contributed by atoms with E-state index in [1.165, 1.54) is 25.3 Å². The fourth-order valence-electron chi connectivity index (χ4n) is 3.51. The second kappa shape index (κ2) is 5.91. The van der Waals surface area contributed by atoms with Gasteiger partial charge in [-0.25, -0.2) is 4.39 Å². The highest BCUT2D eigenvalue weighted by Gasteiger charge is 2.27. The van der Waals surface area contributed by atoms with Crippen molar-refractivity contribution in [3.05, 3.63) is 41.3 Å². The van der Waals surface area contributed by atoms with E-state index in [1.807, 2.05) is 6.07 Å². The van der Waals surface area contributed by atoms with Crippen LogP contribution in [0.3, 0.4) is 0 Å². The lowest BCUT2D eigenvalue weighted by Gasteiger charge is -2.22. The van der Waals surface area contributed by atoms with E-state index in [1.54, 1.807) is 12.3 Å². The Morgan fingerprint density at radius 1 is 1.09 bits per heavy atom. The molecule has 0 bridgehead atoms. The maximum absolute atomic E-state index is 14.2. The molecule has 0 unspecified atom stereocenters. The number of aromatic nitrogens is 1. The largest absolute Gasteiger partial charge is 0.349 e. The van der Waals surface area contributed by atoms with Gasteiger partial charge in [0.2, 0.25) is 0 Å². The van der Waals surface area contributed by atoms with Crippen LogP contribution in [-0.2, 0) is 0 Å².